The first-order valence-corrected chi connectivity index (χ1v) is 24.0. The number of carbonyl (C=O) groups excluding carboxylic acids is 3. The Hall–Kier alpha value is -4.69. The van der Waals surface area contributed by atoms with E-state index >= 15 is 4.79 Å². The third-order valence-corrected chi connectivity index (χ3v) is 15.6. The summed E-state index contributed by atoms with van der Waals surface area (Å²) in [4.78, 5) is 55.3. The Morgan fingerprint density at radius 2 is 1.85 bits per heavy atom. The van der Waals surface area contributed by atoms with Gasteiger partial charge in [-0.05, 0) is 106 Å². The number of nitrogens with one attached hydrogen (secondary N) is 1. The topological polar surface area (TPSA) is 145 Å². The molecule has 2 aromatic carbocycles. The van der Waals surface area contributed by atoms with Crippen LogP contribution in [0.4, 0.5) is 4.39 Å². The first kappa shape index (κ1) is 43.0. The number of allylic oxidation sites excluding steroid dienone is 2. The number of methoxy groups -OCH3 is 1. The maximum atomic E-state index is 15.0. The summed E-state index contributed by atoms with van der Waals surface area (Å²) >= 11 is 1.50. The van der Waals surface area contributed by atoms with Crippen LogP contribution in [0.25, 0.3) is 21.6 Å². The molecule has 14 heteroatoms. The zero-order valence-electron chi connectivity index (χ0n) is 35.5. The molecule has 2 saturated carbocycles. The van der Waals surface area contributed by atoms with Gasteiger partial charge < -0.3 is 14.4 Å². The SMILES string of the molecule is COc1ccc2c(O[C@@H]3C[C@H]4C(=O)C[C@]5(C(=O)NS(=O)(=O)C6CC6)C[C@H]5/C=C\CCCCC[C@H](Cc5cc(C)cc(F)c5)C(=O)N4C3)cc(-c3nc(C(C)C)cs3)nc2c1C. The number of fused-ring (bicyclic) bond motifs is 3. The third-order valence-electron chi connectivity index (χ3n) is 12.9. The Kier molecular flexibility index (Phi) is 12.1. The quantitative estimate of drug-likeness (QED) is 0.155. The average molecular weight is 871 g/mol. The molecule has 2 aliphatic carbocycles. The number of pyridine rings is 1. The van der Waals surface area contributed by atoms with Crippen LogP contribution in [0, 0.1) is 36.9 Å². The van der Waals surface area contributed by atoms with Gasteiger partial charge in [0.15, 0.2) is 5.78 Å². The second-order valence-electron chi connectivity index (χ2n) is 17.9. The zero-order chi connectivity index (χ0) is 43.2. The highest BCUT2D eigenvalue weighted by atomic mass is 32.2. The van der Waals surface area contributed by atoms with E-state index in [1.807, 2.05) is 55.6 Å². The van der Waals surface area contributed by atoms with Crippen LogP contribution in [-0.4, -0.2) is 71.9 Å². The van der Waals surface area contributed by atoms with Gasteiger partial charge in [0.05, 0.1) is 41.6 Å². The number of hydrogen-bond acceptors (Lipinski definition) is 10. The van der Waals surface area contributed by atoms with Gasteiger partial charge in [-0.1, -0.05) is 44.9 Å². The van der Waals surface area contributed by atoms with Crippen LogP contribution in [0.3, 0.4) is 0 Å². The molecular weight excluding hydrogens is 816 g/mol. The molecule has 2 amide bonds. The maximum Gasteiger partial charge on any atom is 0.240 e. The largest absolute Gasteiger partial charge is 0.496 e. The molecule has 11 nitrogen and oxygen atoms in total. The Bertz CT molecular complexity index is 2480. The molecule has 2 aliphatic heterocycles. The summed E-state index contributed by atoms with van der Waals surface area (Å²) in [5.74, 6) is -0.958. The fourth-order valence-electron chi connectivity index (χ4n) is 9.19. The average Bonchev–Trinajstić information content (AvgIpc) is 4.08. The second-order valence-corrected chi connectivity index (χ2v) is 20.7. The zero-order valence-corrected chi connectivity index (χ0v) is 37.2. The monoisotopic (exact) mass is 870 g/mol. The van der Waals surface area contributed by atoms with Crippen molar-refractivity contribution < 1.29 is 36.7 Å². The van der Waals surface area contributed by atoms with Gasteiger partial charge in [0, 0.05) is 41.2 Å². The second kappa shape index (κ2) is 17.2. The predicted octanol–water partition coefficient (Wildman–Crippen LogP) is 8.55. The summed E-state index contributed by atoms with van der Waals surface area (Å²) in [7, 11) is -2.25. The van der Waals surface area contributed by atoms with Gasteiger partial charge in [-0.2, -0.15) is 0 Å². The van der Waals surface area contributed by atoms with Crippen LogP contribution in [0.5, 0.6) is 11.5 Å². The van der Waals surface area contributed by atoms with Crippen molar-refractivity contribution in [3.05, 3.63) is 82.1 Å². The number of ether oxygens (including phenoxy) is 2. The number of thiazole rings is 1. The van der Waals surface area contributed by atoms with E-state index < -0.39 is 44.7 Å². The number of halogens is 1. The van der Waals surface area contributed by atoms with Crippen molar-refractivity contribution in [1.82, 2.24) is 19.6 Å². The van der Waals surface area contributed by atoms with Gasteiger partial charge in [0.1, 0.15) is 34.1 Å². The van der Waals surface area contributed by atoms with Crippen molar-refractivity contribution in [2.24, 2.45) is 17.3 Å². The smallest absolute Gasteiger partial charge is 0.240 e. The number of aryl methyl sites for hydroxylation is 2. The van der Waals surface area contributed by atoms with Gasteiger partial charge in [-0.15, -0.1) is 11.3 Å². The number of aromatic nitrogens is 2. The van der Waals surface area contributed by atoms with Crippen LogP contribution < -0.4 is 14.2 Å². The van der Waals surface area contributed by atoms with Gasteiger partial charge in [-0.25, -0.2) is 22.8 Å². The number of hydrogen-bond donors (Lipinski definition) is 1. The lowest BCUT2D eigenvalue weighted by Crippen LogP contribution is -2.46. The lowest BCUT2D eigenvalue weighted by Gasteiger charge is -2.29. The Morgan fingerprint density at radius 1 is 1.05 bits per heavy atom. The minimum atomic E-state index is -3.86. The number of sulfonamides is 1. The van der Waals surface area contributed by atoms with Gasteiger partial charge in [-0.3, -0.25) is 19.1 Å². The van der Waals surface area contributed by atoms with Gasteiger partial charge in [0.2, 0.25) is 21.8 Å². The summed E-state index contributed by atoms with van der Waals surface area (Å²) in [6.07, 6.45) is 8.78. The summed E-state index contributed by atoms with van der Waals surface area (Å²) in [5, 5.41) is 2.91. The van der Waals surface area contributed by atoms with Gasteiger partial charge >= 0.3 is 0 Å². The van der Waals surface area contributed by atoms with Crippen LogP contribution in [-0.2, 0) is 30.8 Å². The molecule has 8 rings (SSSR count). The summed E-state index contributed by atoms with van der Waals surface area (Å²) in [5.41, 5.74) is 3.32. The van der Waals surface area contributed by atoms with Crippen LogP contribution >= 0.6 is 11.3 Å². The highest BCUT2D eigenvalue weighted by Crippen LogP contribution is 2.57. The number of ketones is 1. The van der Waals surface area contributed by atoms with Crippen LogP contribution in [0.2, 0.25) is 0 Å². The highest BCUT2D eigenvalue weighted by Gasteiger charge is 2.61. The fourth-order valence-corrected chi connectivity index (χ4v) is 11.5. The van der Waals surface area contributed by atoms with Crippen molar-refractivity contribution in [2.75, 3.05) is 13.7 Å². The molecule has 1 N–H and O–H groups in total. The molecule has 61 heavy (non-hydrogen) atoms. The normalized spacial score (nSPS) is 25.4. The number of carbonyl (C=O) groups is 3. The molecule has 1 saturated heterocycles. The minimum Gasteiger partial charge on any atom is -0.496 e. The Morgan fingerprint density at radius 3 is 2.57 bits per heavy atom. The number of benzene rings is 2. The first-order valence-electron chi connectivity index (χ1n) is 21.6. The number of amides is 2. The molecule has 4 aliphatic rings. The molecule has 2 aromatic heterocycles. The standard InChI is InChI=1S/C47H55FN4O7S2/c1-27(2)38-26-60-44(50-38)37-22-42(36-15-16-41(58-5)29(4)43(36)49-37)59-34-21-39-40(53)24-47(46(55)51-61(56,57)35-13-14-35)23-32(47)12-10-8-6-7-9-11-31(45(54)52(39)25-34)19-30-17-28(3)18-33(48)20-30/h10,12,15-18,20,22,26-27,31-32,34-35,39H,6-9,11,13-14,19,21,23-25H2,1-5H3,(H,51,55)/b12-10-/t31-,32-,34-,39+,47-/m1/s1. The lowest BCUT2D eigenvalue weighted by molar-refractivity contribution is -0.142. The third kappa shape index (κ3) is 9.12. The number of nitrogens with zero attached hydrogens (tertiary/aromatic N) is 3. The molecule has 4 aromatic rings. The first-order chi connectivity index (χ1) is 29.1. The Labute approximate surface area is 361 Å². The van der Waals surface area contributed by atoms with Crippen LogP contribution in [0.1, 0.15) is 106 Å². The van der Waals surface area contributed by atoms with E-state index in [1.165, 1.54) is 23.5 Å². The van der Waals surface area contributed by atoms with E-state index in [0.717, 1.165) is 52.9 Å². The molecular formula is C47H55FN4O7S2. The van der Waals surface area contributed by atoms with E-state index in [0.29, 0.717) is 60.4 Å². The van der Waals surface area contributed by atoms with E-state index in [1.54, 1.807) is 12.0 Å². The van der Waals surface area contributed by atoms with Crippen molar-refractivity contribution >= 4 is 49.9 Å². The molecule has 3 fully saturated rings. The number of Topliss-reactive ketones (excluding diaryl/α,β-unsaturated/α-hetero) is 1. The van der Waals surface area contributed by atoms with Gasteiger partial charge in [0.25, 0.3) is 0 Å². The van der Waals surface area contributed by atoms with E-state index in [-0.39, 0.29) is 48.7 Å². The molecule has 5 atom stereocenters. The van der Waals surface area contributed by atoms with E-state index in [9.17, 15) is 22.4 Å². The molecule has 0 bridgehead atoms. The van der Waals surface area contributed by atoms with E-state index in [2.05, 4.69) is 18.6 Å². The minimum absolute atomic E-state index is 0.107. The van der Waals surface area contributed by atoms with Crippen molar-refractivity contribution in [2.45, 2.75) is 122 Å². The van der Waals surface area contributed by atoms with Crippen LogP contribution in [0.15, 0.2) is 53.9 Å². The maximum absolute atomic E-state index is 15.0. The summed E-state index contributed by atoms with van der Waals surface area (Å²) < 4.78 is 55.6. The molecule has 324 valence electrons. The summed E-state index contributed by atoms with van der Waals surface area (Å²) in [6.45, 7) is 8.05. The highest BCUT2D eigenvalue weighted by molar-refractivity contribution is 7.90. The number of rotatable bonds is 10. The molecule has 4 heterocycles. The lowest BCUT2D eigenvalue weighted by atomic mass is 9.89. The molecule has 0 radical (unpaired) electrons. The molecule has 0 spiro atoms. The predicted molar refractivity (Wildman–Crippen MR) is 234 cm³/mol. The van der Waals surface area contributed by atoms with Crippen molar-refractivity contribution in [3.8, 4) is 22.2 Å². The fraction of sp³-hybridized carbons (Fsp3) is 0.511. The van der Waals surface area contributed by atoms with E-state index in [4.69, 9.17) is 19.4 Å². The Balaban J connectivity index is 1.16. The van der Waals surface area contributed by atoms with Crippen molar-refractivity contribution in [3.63, 3.8) is 0 Å². The van der Waals surface area contributed by atoms with Crippen molar-refractivity contribution in [1.29, 1.82) is 0 Å². The summed E-state index contributed by atoms with van der Waals surface area (Å²) in [6, 6.07) is 9.53. The molecule has 0 unspecified atom stereocenters.